The largest absolute Gasteiger partial charge is 0.371 e. The van der Waals surface area contributed by atoms with E-state index in [-0.39, 0.29) is 10.8 Å². The quantitative estimate of drug-likeness (QED) is 0.849. The minimum absolute atomic E-state index is 0.222. The predicted molar refractivity (Wildman–Crippen MR) is 77.4 cm³/mol. The van der Waals surface area contributed by atoms with Gasteiger partial charge in [0.05, 0.1) is 5.02 Å². The Hall–Kier alpha value is -0.800. The Labute approximate surface area is 118 Å². The van der Waals surface area contributed by atoms with Gasteiger partial charge in [0.1, 0.15) is 5.82 Å². The summed E-state index contributed by atoms with van der Waals surface area (Å²) >= 11 is 5.87. The van der Waals surface area contributed by atoms with Crippen LogP contribution in [0.4, 0.5) is 10.1 Å². The summed E-state index contributed by atoms with van der Waals surface area (Å²) in [6.07, 6.45) is 5.07. The number of nitrogens with zero attached hydrogens (tertiary/aromatic N) is 1. The average molecular weight is 283 g/mol. The molecule has 0 atom stereocenters. The molecule has 0 saturated carbocycles. The second-order valence-electron chi connectivity index (χ2n) is 5.84. The van der Waals surface area contributed by atoms with Gasteiger partial charge >= 0.3 is 0 Å². The average Bonchev–Trinajstić information content (AvgIpc) is 2.44. The summed E-state index contributed by atoms with van der Waals surface area (Å²) in [4.78, 5) is 2.33. The minimum atomic E-state index is -0.336. The van der Waals surface area contributed by atoms with Crippen molar-refractivity contribution in [2.24, 2.45) is 5.41 Å². The van der Waals surface area contributed by atoms with Crippen LogP contribution in [0.2, 0.25) is 5.02 Å². The van der Waals surface area contributed by atoms with Crippen LogP contribution in [0.15, 0.2) is 18.2 Å². The smallest absolute Gasteiger partial charge is 0.141 e. The summed E-state index contributed by atoms with van der Waals surface area (Å²) in [5.74, 6) is -0.336. The van der Waals surface area contributed by atoms with Crippen molar-refractivity contribution in [3.63, 3.8) is 0 Å². The highest BCUT2D eigenvalue weighted by atomic mass is 35.5. The van der Waals surface area contributed by atoms with Crippen LogP contribution in [0.3, 0.4) is 0 Å². The fraction of sp³-hybridized carbons (Fsp3) is 0.600. The predicted octanol–water partition coefficient (Wildman–Crippen LogP) is 3.45. The van der Waals surface area contributed by atoms with E-state index in [0.717, 1.165) is 31.9 Å². The molecule has 2 saturated heterocycles. The van der Waals surface area contributed by atoms with Crippen molar-refractivity contribution >= 4 is 17.3 Å². The van der Waals surface area contributed by atoms with Crippen LogP contribution in [-0.2, 0) is 0 Å². The molecule has 0 unspecified atom stereocenters. The summed E-state index contributed by atoms with van der Waals surface area (Å²) in [7, 11) is 0. The van der Waals surface area contributed by atoms with Crippen molar-refractivity contribution in [1.82, 2.24) is 5.32 Å². The monoisotopic (exact) mass is 282 g/mol. The van der Waals surface area contributed by atoms with E-state index in [4.69, 9.17) is 11.6 Å². The summed E-state index contributed by atoms with van der Waals surface area (Å²) < 4.78 is 13.2. The molecule has 1 N–H and O–H groups in total. The van der Waals surface area contributed by atoms with Gasteiger partial charge in [-0.3, -0.25) is 0 Å². The molecule has 2 aliphatic heterocycles. The first-order valence-corrected chi connectivity index (χ1v) is 7.47. The molecule has 2 heterocycles. The van der Waals surface area contributed by atoms with Crippen LogP contribution in [0.25, 0.3) is 0 Å². The number of nitrogens with one attached hydrogen (secondary N) is 1. The molecule has 2 fully saturated rings. The molecule has 4 heteroatoms. The van der Waals surface area contributed by atoms with E-state index in [1.165, 1.54) is 31.7 Å². The highest BCUT2D eigenvalue weighted by Crippen LogP contribution is 2.40. The normalized spacial score (nSPS) is 22.7. The lowest BCUT2D eigenvalue weighted by atomic mass is 9.71. The Morgan fingerprint density at radius 2 is 1.79 bits per heavy atom. The molecule has 2 aliphatic rings. The number of piperidine rings is 2. The maximum Gasteiger partial charge on any atom is 0.141 e. The fourth-order valence-corrected chi connectivity index (χ4v) is 3.55. The van der Waals surface area contributed by atoms with Gasteiger partial charge in [-0.25, -0.2) is 4.39 Å². The third-order valence-electron chi connectivity index (χ3n) is 4.76. The lowest BCUT2D eigenvalue weighted by Gasteiger charge is -2.45. The van der Waals surface area contributed by atoms with E-state index in [1.54, 1.807) is 6.07 Å². The highest BCUT2D eigenvalue weighted by molar-refractivity contribution is 6.31. The first-order valence-electron chi connectivity index (χ1n) is 7.09. The first kappa shape index (κ1) is 13.2. The van der Waals surface area contributed by atoms with Gasteiger partial charge in [0.15, 0.2) is 0 Å². The van der Waals surface area contributed by atoms with Crippen molar-refractivity contribution in [2.45, 2.75) is 25.7 Å². The second-order valence-corrected chi connectivity index (χ2v) is 6.24. The van der Waals surface area contributed by atoms with Gasteiger partial charge in [0.25, 0.3) is 0 Å². The summed E-state index contributed by atoms with van der Waals surface area (Å²) in [5, 5.41) is 3.66. The third kappa shape index (κ3) is 2.72. The number of anilines is 1. The zero-order valence-electron chi connectivity index (χ0n) is 11.1. The Morgan fingerprint density at radius 1 is 1.11 bits per heavy atom. The highest BCUT2D eigenvalue weighted by Gasteiger charge is 2.35. The summed E-state index contributed by atoms with van der Waals surface area (Å²) in [6.45, 7) is 4.43. The fourth-order valence-electron chi connectivity index (χ4n) is 3.38. The van der Waals surface area contributed by atoms with Gasteiger partial charge in [-0.1, -0.05) is 11.6 Å². The van der Waals surface area contributed by atoms with E-state index in [1.807, 2.05) is 6.07 Å². The zero-order chi connectivity index (χ0) is 13.3. The molecule has 0 radical (unpaired) electrons. The topological polar surface area (TPSA) is 15.3 Å². The van der Waals surface area contributed by atoms with E-state index < -0.39 is 0 Å². The van der Waals surface area contributed by atoms with Gasteiger partial charge in [0, 0.05) is 18.8 Å². The molecule has 1 spiro atoms. The Balaban J connectivity index is 1.67. The molecule has 2 nitrogen and oxygen atoms in total. The standard InChI is InChI=1S/C15H20ClFN2/c16-13-11-12(1-2-14(13)17)19-9-5-15(6-10-19)3-7-18-8-4-15/h1-2,11,18H,3-10H2. The number of rotatable bonds is 1. The molecule has 0 aliphatic carbocycles. The Bertz CT molecular complexity index is 447. The molecule has 1 aromatic rings. The molecule has 0 amide bonds. The number of halogens is 2. The summed E-state index contributed by atoms with van der Waals surface area (Å²) in [6, 6.07) is 5.05. The van der Waals surface area contributed by atoms with Crippen molar-refractivity contribution in [2.75, 3.05) is 31.1 Å². The Kier molecular flexibility index (Phi) is 3.68. The third-order valence-corrected chi connectivity index (χ3v) is 5.05. The molecule has 104 valence electrons. The van der Waals surface area contributed by atoms with Crippen LogP contribution in [0.5, 0.6) is 0 Å². The van der Waals surface area contributed by atoms with Crippen LogP contribution >= 0.6 is 11.6 Å². The molecule has 0 bridgehead atoms. The zero-order valence-corrected chi connectivity index (χ0v) is 11.8. The number of benzene rings is 1. The lowest BCUT2D eigenvalue weighted by Crippen LogP contribution is -2.45. The molecule has 3 rings (SSSR count). The maximum absolute atomic E-state index is 13.2. The SMILES string of the molecule is Fc1ccc(N2CCC3(CCNCC3)CC2)cc1Cl. The van der Waals surface area contributed by atoms with E-state index in [0.29, 0.717) is 5.41 Å². The van der Waals surface area contributed by atoms with Gasteiger partial charge < -0.3 is 10.2 Å². The Morgan fingerprint density at radius 3 is 2.42 bits per heavy atom. The van der Waals surface area contributed by atoms with Crippen molar-refractivity contribution in [1.29, 1.82) is 0 Å². The van der Waals surface area contributed by atoms with Crippen molar-refractivity contribution in [3.8, 4) is 0 Å². The molecular formula is C15H20ClFN2. The second kappa shape index (κ2) is 5.29. The summed E-state index contributed by atoms with van der Waals surface area (Å²) in [5.41, 5.74) is 1.60. The van der Waals surface area contributed by atoms with Gasteiger partial charge in [-0.05, 0) is 62.4 Å². The van der Waals surface area contributed by atoms with Crippen LogP contribution in [0, 0.1) is 11.2 Å². The number of hydrogen-bond acceptors (Lipinski definition) is 2. The molecular weight excluding hydrogens is 263 g/mol. The first-order chi connectivity index (χ1) is 9.19. The lowest BCUT2D eigenvalue weighted by molar-refractivity contribution is 0.155. The van der Waals surface area contributed by atoms with Gasteiger partial charge in [0.2, 0.25) is 0 Å². The van der Waals surface area contributed by atoms with Gasteiger partial charge in [-0.2, -0.15) is 0 Å². The van der Waals surface area contributed by atoms with E-state index in [9.17, 15) is 4.39 Å². The molecule has 19 heavy (non-hydrogen) atoms. The maximum atomic E-state index is 13.2. The van der Waals surface area contributed by atoms with Gasteiger partial charge in [-0.15, -0.1) is 0 Å². The molecule has 1 aromatic carbocycles. The number of hydrogen-bond donors (Lipinski definition) is 1. The van der Waals surface area contributed by atoms with Crippen LogP contribution in [0.1, 0.15) is 25.7 Å². The van der Waals surface area contributed by atoms with E-state index >= 15 is 0 Å². The van der Waals surface area contributed by atoms with Crippen LogP contribution in [-0.4, -0.2) is 26.2 Å². The molecule has 0 aromatic heterocycles. The van der Waals surface area contributed by atoms with Crippen LogP contribution < -0.4 is 10.2 Å². The van der Waals surface area contributed by atoms with E-state index in [2.05, 4.69) is 10.2 Å². The van der Waals surface area contributed by atoms with Crippen molar-refractivity contribution in [3.05, 3.63) is 29.0 Å². The minimum Gasteiger partial charge on any atom is -0.371 e. The van der Waals surface area contributed by atoms with Crippen molar-refractivity contribution < 1.29 is 4.39 Å².